The summed E-state index contributed by atoms with van der Waals surface area (Å²) in [5.74, 6) is 0.220. The molecule has 0 aliphatic heterocycles. The van der Waals surface area contributed by atoms with Crippen molar-refractivity contribution in [3.8, 4) is 5.88 Å². The summed E-state index contributed by atoms with van der Waals surface area (Å²) in [4.78, 5) is 19.2. The Balaban J connectivity index is 2.59. The van der Waals surface area contributed by atoms with Crippen LogP contribution >= 0.6 is 0 Å². The Bertz CT molecular complexity index is 379. The SMILES string of the molecule is Cc1cc(OC(=O)NC(C)(C)CN)ncn1. The van der Waals surface area contributed by atoms with Crippen molar-refractivity contribution in [3.63, 3.8) is 0 Å². The van der Waals surface area contributed by atoms with Gasteiger partial charge in [-0.2, -0.15) is 0 Å². The average molecular weight is 224 g/mol. The summed E-state index contributed by atoms with van der Waals surface area (Å²) in [5.41, 5.74) is 5.71. The van der Waals surface area contributed by atoms with E-state index in [4.69, 9.17) is 10.5 Å². The zero-order chi connectivity index (χ0) is 12.2. The predicted molar refractivity (Wildman–Crippen MR) is 59.1 cm³/mol. The van der Waals surface area contributed by atoms with E-state index in [1.165, 1.54) is 6.33 Å². The molecule has 6 heteroatoms. The minimum atomic E-state index is -0.575. The van der Waals surface area contributed by atoms with Crippen LogP contribution in [0.4, 0.5) is 4.79 Å². The molecule has 0 fully saturated rings. The summed E-state index contributed by atoms with van der Waals surface area (Å²) in [5, 5.41) is 2.63. The van der Waals surface area contributed by atoms with Crippen molar-refractivity contribution in [2.24, 2.45) is 5.73 Å². The molecule has 1 aromatic heterocycles. The van der Waals surface area contributed by atoms with E-state index in [0.717, 1.165) is 5.69 Å². The Labute approximate surface area is 94.2 Å². The van der Waals surface area contributed by atoms with Gasteiger partial charge in [0.25, 0.3) is 0 Å². The molecule has 0 bridgehead atoms. The number of aryl methyl sites for hydroxylation is 1. The maximum atomic E-state index is 11.4. The fourth-order valence-corrected chi connectivity index (χ4v) is 0.934. The number of nitrogens with two attached hydrogens (primary N) is 1. The van der Waals surface area contributed by atoms with Gasteiger partial charge in [-0.05, 0) is 20.8 Å². The van der Waals surface area contributed by atoms with Crippen LogP contribution in [-0.4, -0.2) is 28.1 Å². The first kappa shape index (κ1) is 12.4. The number of nitrogens with one attached hydrogen (secondary N) is 1. The van der Waals surface area contributed by atoms with Gasteiger partial charge in [-0.25, -0.2) is 14.8 Å². The van der Waals surface area contributed by atoms with Crippen LogP contribution in [0.2, 0.25) is 0 Å². The molecule has 0 aliphatic carbocycles. The topological polar surface area (TPSA) is 90.1 Å². The maximum Gasteiger partial charge on any atom is 0.414 e. The molecule has 0 spiro atoms. The molecule has 6 nitrogen and oxygen atoms in total. The number of rotatable bonds is 3. The van der Waals surface area contributed by atoms with Crippen molar-refractivity contribution in [2.45, 2.75) is 26.3 Å². The number of nitrogens with zero attached hydrogens (tertiary/aromatic N) is 2. The van der Waals surface area contributed by atoms with E-state index in [2.05, 4.69) is 15.3 Å². The van der Waals surface area contributed by atoms with Crippen LogP contribution < -0.4 is 15.8 Å². The van der Waals surface area contributed by atoms with Gasteiger partial charge in [-0.3, -0.25) is 0 Å². The molecule has 0 atom stereocenters. The summed E-state index contributed by atoms with van der Waals surface area (Å²) < 4.78 is 4.98. The zero-order valence-corrected chi connectivity index (χ0v) is 9.65. The van der Waals surface area contributed by atoms with E-state index in [0.29, 0.717) is 6.54 Å². The molecule has 16 heavy (non-hydrogen) atoms. The first-order valence-corrected chi connectivity index (χ1v) is 4.92. The summed E-state index contributed by atoms with van der Waals surface area (Å²) in [6, 6.07) is 1.58. The summed E-state index contributed by atoms with van der Waals surface area (Å²) in [6.45, 7) is 5.72. The van der Waals surface area contributed by atoms with Gasteiger partial charge < -0.3 is 15.8 Å². The lowest BCUT2D eigenvalue weighted by molar-refractivity contribution is 0.187. The van der Waals surface area contributed by atoms with E-state index < -0.39 is 11.6 Å². The molecule has 1 aromatic rings. The average Bonchev–Trinajstić information content (AvgIpc) is 2.16. The molecule has 1 rings (SSSR count). The maximum absolute atomic E-state index is 11.4. The van der Waals surface area contributed by atoms with Crippen molar-refractivity contribution in [2.75, 3.05) is 6.54 Å². The second kappa shape index (κ2) is 4.89. The largest absolute Gasteiger partial charge is 0.414 e. The number of amides is 1. The Morgan fingerprint density at radius 2 is 2.25 bits per heavy atom. The van der Waals surface area contributed by atoms with Crippen LogP contribution in [0.25, 0.3) is 0 Å². The van der Waals surface area contributed by atoms with E-state index in [-0.39, 0.29) is 5.88 Å². The third kappa shape index (κ3) is 3.82. The fraction of sp³-hybridized carbons (Fsp3) is 0.500. The number of hydrogen-bond acceptors (Lipinski definition) is 5. The Morgan fingerprint density at radius 1 is 1.56 bits per heavy atom. The fourth-order valence-electron chi connectivity index (χ4n) is 0.934. The normalized spacial score (nSPS) is 11.0. The van der Waals surface area contributed by atoms with Gasteiger partial charge in [-0.1, -0.05) is 0 Å². The number of hydrogen-bond donors (Lipinski definition) is 2. The van der Waals surface area contributed by atoms with E-state index in [1.54, 1.807) is 26.8 Å². The van der Waals surface area contributed by atoms with Gasteiger partial charge in [0.05, 0.1) is 0 Å². The highest BCUT2D eigenvalue weighted by atomic mass is 16.6. The van der Waals surface area contributed by atoms with Crippen LogP contribution in [-0.2, 0) is 0 Å². The van der Waals surface area contributed by atoms with Crippen molar-refractivity contribution in [1.29, 1.82) is 0 Å². The Hall–Kier alpha value is -1.69. The number of aromatic nitrogens is 2. The Morgan fingerprint density at radius 3 is 2.81 bits per heavy atom. The molecule has 88 valence electrons. The van der Waals surface area contributed by atoms with Gasteiger partial charge in [0, 0.05) is 23.8 Å². The van der Waals surface area contributed by atoms with Gasteiger partial charge >= 0.3 is 6.09 Å². The standard InChI is InChI=1S/C10H16N4O2/c1-7-4-8(13-6-12-7)16-9(15)14-10(2,3)5-11/h4,6H,5,11H2,1-3H3,(H,14,15). The van der Waals surface area contributed by atoms with Crippen molar-refractivity contribution >= 4 is 6.09 Å². The van der Waals surface area contributed by atoms with Crippen molar-refractivity contribution in [3.05, 3.63) is 18.1 Å². The molecule has 1 heterocycles. The molecule has 3 N–H and O–H groups in total. The van der Waals surface area contributed by atoms with E-state index >= 15 is 0 Å². The second-order valence-electron chi connectivity index (χ2n) is 4.10. The lowest BCUT2D eigenvalue weighted by atomic mass is 10.1. The third-order valence-electron chi connectivity index (χ3n) is 1.93. The van der Waals surface area contributed by atoms with Crippen LogP contribution in [0.15, 0.2) is 12.4 Å². The van der Waals surface area contributed by atoms with Crippen molar-refractivity contribution in [1.82, 2.24) is 15.3 Å². The van der Waals surface area contributed by atoms with Gasteiger partial charge in [0.1, 0.15) is 6.33 Å². The van der Waals surface area contributed by atoms with Crippen molar-refractivity contribution < 1.29 is 9.53 Å². The van der Waals surface area contributed by atoms with Gasteiger partial charge in [-0.15, -0.1) is 0 Å². The molecule has 0 aromatic carbocycles. The minimum Gasteiger partial charge on any atom is -0.391 e. The van der Waals surface area contributed by atoms with Crippen LogP contribution in [0.5, 0.6) is 5.88 Å². The zero-order valence-electron chi connectivity index (χ0n) is 9.65. The van der Waals surface area contributed by atoms with E-state index in [1.807, 2.05) is 0 Å². The Kier molecular flexibility index (Phi) is 3.78. The molecule has 1 amide bonds. The van der Waals surface area contributed by atoms with E-state index in [9.17, 15) is 4.79 Å². The first-order valence-electron chi connectivity index (χ1n) is 4.92. The highest BCUT2D eigenvalue weighted by Crippen LogP contribution is 2.07. The third-order valence-corrected chi connectivity index (χ3v) is 1.93. The van der Waals surface area contributed by atoms with Gasteiger partial charge in [0.15, 0.2) is 0 Å². The molecule has 0 saturated carbocycles. The quantitative estimate of drug-likeness (QED) is 0.785. The number of carbonyl (C=O) groups is 1. The summed E-state index contributed by atoms with van der Waals surface area (Å²) >= 11 is 0. The number of ether oxygens (including phenoxy) is 1. The lowest BCUT2D eigenvalue weighted by Crippen LogP contribution is -2.49. The molecule has 0 unspecified atom stereocenters. The molecular weight excluding hydrogens is 208 g/mol. The van der Waals surface area contributed by atoms with Crippen LogP contribution in [0.1, 0.15) is 19.5 Å². The first-order chi connectivity index (χ1) is 7.43. The monoisotopic (exact) mass is 224 g/mol. The smallest absolute Gasteiger partial charge is 0.391 e. The number of carbonyl (C=O) groups excluding carboxylic acids is 1. The van der Waals surface area contributed by atoms with Crippen LogP contribution in [0.3, 0.4) is 0 Å². The summed E-state index contributed by atoms with van der Waals surface area (Å²) in [6.07, 6.45) is 0.764. The van der Waals surface area contributed by atoms with Gasteiger partial charge in [0.2, 0.25) is 5.88 Å². The highest BCUT2D eigenvalue weighted by molar-refractivity contribution is 5.70. The predicted octanol–water partition coefficient (Wildman–Crippen LogP) is 0.611. The molecule has 0 radical (unpaired) electrons. The second-order valence-corrected chi connectivity index (χ2v) is 4.10. The highest BCUT2D eigenvalue weighted by Gasteiger charge is 2.19. The molecule has 0 aliphatic rings. The molecule has 0 saturated heterocycles. The lowest BCUT2D eigenvalue weighted by Gasteiger charge is -2.23. The summed E-state index contributed by atoms with van der Waals surface area (Å²) in [7, 11) is 0. The molecular formula is C10H16N4O2. The van der Waals surface area contributed by atoms with Crippen LogP contribution in [0, 0.1) is 6.92 Å². The minimum absolute atomic E-state index is 0.220.